The van der Waals surface area contributed by atoms with Crippen LogP contribution in [-0.4, -0.2) is 14.9 Å². The molecule has 2 rings (SSSR count). The van der Waals surface area contributed by atoms with Crippen molar-refractivity contribution in [2.24, 2.45) is 5.84 Å². The summed E-state index contributed by atoms with van der Waals surface area (Å²) in [6.07, 6.45) is 3.66. The van der Waals surface area contributed by atoms with Crippen LogP contribution in [-0.2, 0) is 13.0 Å². The first kappa shape index (κ1) is 14.7. The highest BCUT2D eigenvalue weighted by atomic mass is 16.6. The first-order chi connectivity index (χ1) is 10.1. The molecule has 21 heavy (non-hydrogen) atoms. The van der Waals surface area contributed by atoms with E-state index in [-0.39, 0.29) is 18.0 Å². The van der Waals surface area contributed by atoms with E-state index in [1.807, 2.05) is 6.92 Å². The van der Waals surface area contributed by atoms with E-state index in [9.17, 15) is 10.1 Å². The van der Waals surface area contributed by atoms with Gasteiger partial charge in [-0.2, -0.15) is 0 Å². The van der Waals surface area contributed by atoms with Crippen LogP contribution in [0.2, 0.25) is 0 Å². The molecule has 8 heteroatoms. The zero-order valence-corrected chi connectivity index (χ0v) is 11.4. The zero-order chi connectivity index (χ0) is 15.2. The number of aromatic nitrogens is 2. The molecule has 0 spiro atoms. The number of nitrogens with two attached hydrogens (primary N) is 1. The minimum Gasteiger partial charge on any atom is -0.480 e. The highest BCUT2D eigenvalue weighted by Gasteiger charge is 2.16. The smallest absolute Gasteiger partial charge is 0.311 e. The summed E-state index contributed by atoms with van der Waals surface area (Å²) in [6, 6.07) is 4.91. The maximum absolute atomic E-state index is 11.1. The highest BCUT2D eigenvalue weighted by Crippen LogP contribution is 2.28. The minimum atomic E-state index is -0.457. The molecule has 110 valence electrons. The second kappa shape index (κ2) is 6.62. The minimum absolute atomic E-state index is 0.0532. The molecule has 0 saturated carbocycles. The van der Waals surface area contributed by atoms with Crippen LogP contribution in [0.3, 0.4) is 0 Å². The van der Waals surface area contributed by atoms with Crippen LogP contribution in [0, 0.1) is 10.1 Å². The monoisotopic (exact) mass is 289 g/mol. The largest absolute Gasteiger partial charge is 0.480 e. The van der Waals surface area contributed by atoms with Gasteiger partial charge in [-0.15, -0.1) is 0 Å². The topological polar surface area (TPSA) is 116 Å². The average Bonchev–Trinajstić information content (AvgIpc) is 2.53. The van der Waals surface area contributed by atoms with E-state index >= 15 is 0 Å². The molecule has 0 radical (unpaired) electrons. The van der Waals surface area contributed by atoms with Crippen molar-refractivity contribution < 1.29 is 9.66 Å². The van der Waals surface area contributed by atoms with E-state index in [1.54, 1.807) is 12.1 Å². The second-order valence-electron chi connectivity index (χ2n) is 4.24. The van der Waals surface area contributed by atoms with Gasteiger partial charge in [-0.1, -0.05) is 13.0 Å². The molecule has 2 aromatic rings. The predicted octanol–water partition coefficient (Wildman–Crippen LogP) is 1.81. The van der Waals surface area contributed by atoms with Gasteiger partial charge in [0.15, 0.2) is 11.6 Å². The van der Waals surface area contributed by atoms with Crippen molar-refractivity contribution in [3.63, 3.8) is 0 Å². The number of hydrazine groups is 1. The molecule has 0 bridgehead atoms. The van der Waals surface area contributed by atoms with Gasteiger partial charge >= 0.3 is 5.69 Å². The van der Waals surface area contributed by atoms with Gasteiger partial charge < -0.3 is 10.2 Å². The van der Waals surface area contributed by atoms with Crippen molar-refractivity contribution in [2.75, 3.05) is 5.43 Å². The molecular formula is C13H15N5O3. The number of benzene rings is 1. The Morgan fingerprint density at radius 3 is 2.76 bits per heavy atom. The van der Waals surface area contributed by atoms with Crippen molar-refractivity contribution in [1.29, 1.82) is 0 Å². The maximum Gasteiger partial charge on any atom is 0.311 e. The normalized spacial score (nSPS) is 10.2. The van der Waals surface area contributed by atoms with Crippen LogP contribution in [0.1, 0.15) is 18.2 Å². The third-order valence-corrected chi connectivity index (χ3v) is 2.86. The molecule has 8 nitrogen and oxygen atoms in total. The second-order valence-corrected chi connectivity index (χ2v) is 4.24. The number of nitrogens with one attached hydrogen (secondary N) is 1. The van der Waals surface area contributed by atoms with Gasteiger partial charge in [0.05, 0.1) is 23.0 Å². The summed E-state index contributed by atoms with van der Waals surface area (Å²) in [7, 11) is 0. The fourth-order valence-corrected chi connectivity index (χ4v) is 1.70. The van der Waals surface area contributed by atoms with Gasteiger partial charge in [-0.25, -0.2) is 10.8 Å². The number of anilines is 1. The van der Waals surface area contributed by atoms with Gasteiger partial charge in [-0.3, -0.25) is 15.1 Å². The number of nitrogen functional groups attached to an aromatic ring is 1. The van der Waals surface area contributed by atoms with E-state index in [1.165, 1.54) is 18.5 Å². The molecule has 3 N–H and O–H groups in total. The summed E-state index contributed by atoms with van der Waals surface area (Å²) in [5.41, 5.74) is 3.73. The van der Waals surface area contributed by atoms with E-state index < -0.39 is 4.92 Å². The highest BCUT2D eigenvalue weighted by molar-refractivity contribution is 5.48. The molecule has 0 atom stereocenters. The number of hydrogen-bond acceptors (Lipinski definition) is 7. The molecule has 0 saturated heterocycles. The molecular weight excluding hydrogens is 274 g/mol. The molecule has 0 fully saturated rings. The van der Waals surface area contributed by atoms with E-state index in [4.69, 9.17) is 10.6 Å². The fraction of sp³-hybridized carbons (Fsp3) is 0.231. The number of aryl methyl sites for hydroxylation is 1. The number of ether oxygens (including phenoxy) is 1. The number of nitrogens with zero attached hydrogens (tertiary/aromatic N) is 3. The summed E-state index contributed by atoms with van der Waals surface area (Å²) >= 11 is 0. The molecule has 0 amide bonds. The van der Waals surface area contributed by atoms with Crippen molar-refractivity contribution >= 4 is 11.5 Å². The van der Waals surface area contributed by atoms with Gasteiger partial charge in [0.25, 0.3) is 0 Å². The quantitative estimate of drug-likeness (QED) is 0.473. The van der Waals surface area contributed by atoms with Crippen molar-refractivity contribution in [3.8, 4) is 5.75 Å². The van der Waals surface area contributed by atoms with Crippen molar-refractivity contribution in [1.82, 2.24) is 9.97 Å². The molecule has 0 unspecified atom stereocenters. The Bertz CT molecular complexity index is 630. The van der Waals surface area contributed by atoms with Gasteiger partial charge in [-0.05, 0) is 18.1 Å². The standard InChI is InChI=1S/C13H15N5O3/c1-2-9-3-4-12(11(5-9)18(19)20)21-8-10-6-16-13(17-14)7-15-10/h3-7H,2,8,14H2,1H3,(H,16,17). The maximum atomic E-state index is 11.1. The predicted molar refractivity (Wildman–Crippen MR) is 76.6 cm³/mol. The van der Waals surface area contributed by atoms with Crippen LogP contribution >= 0.6 is 0 Å². The van der Waals surface area contributed by atoms with Crippen LogP contribution in [0.5, 0.6) is 5.75 Å². The number of nitro benzene ring substituents is 1. The molecule has 0 aliphatic heterocycles. The molecule has 1 aromatic carbocycles. The Morgan fingerprint density at radius 1 is 1.38 bits per heavy atom. The van der Waals surface area contributed by atoms with Gasteiger partial charge in [0.2, 0.25) is 0 Å². The molecule has 1 aromatic heterocycles. The lowest BCUT2D eigenvalue weighted by molar-refractivity contribution is -0.386. The van der Waals surface area contributed by atoms with E-state index in [0.29, 0.717) is 11.5 Å². The molecule has 0 aliphatic rings. The molecule has 0 aliphatic carbocycles. The third kappa shape index (κ3) is 3.63. The lowest BCUT2D eigenvalue weighted by Crippen LogP contribution is -2.09. The fourth-order valence-electron chi connectivity index (χ4n) is 1.70. The Balaban J connectivity index is 2.13. The molecule has 1 heterocycles. The number of nitro groups is 1. The van der Waals surface area contributed by atoms with E-state index in [2.05, 4.69) is 15.4 Å². The number of rotatable bonds is 6. The summed E-state index contributed by atoms with van der Waals surface area (Å²) in [5.74, 6) is 5.82. The Hall–Kier alpha value is -2.74. The van der Waals surface area contributed by atoms with Crippen LogP contribution in [0.25, 0.3) is 0 Å². The summed E-state index contributed by atoms with van der Waals surface area (Å²) in [5, 5.41) is 11.1. The Morgan fingerprint density at radius 2 is 2.19 bits per heavy atom. The first-order valence-corrected chi connectivity index (χ1v) is 6.31. The first-order valence-electron chi connectivity index (χ1n) is 6.31. The number of hydrogen-bond donors (Lipinski definition) is 2. The van der Waals surface area contributed by atoms with Gasteiger partial charge in [0.1, 0.15) is 6.61 Å². The zero-order valence-electron chi connectivity index (χ0n) is 11.4. The van der Waals surface area contributed by atoms with E-state index in [0.717, 1.165) is 12.0 Å². The Kier molecular flexibility index (Phi) is 4.62. The summed E-state index contributed by atoms with van der Waals surface area (Å²) in [6.45, 7) is 2.02. The summed E-state index contributed by atoms with van der Waals surface area (Å²) < 4.78 is 5.46. The van der Waals surface area contributed by atoms with Crippen LogP contribution < -0.4 is 16.0 Å². The lowest BCUT2D eigenvalue weighted by Gasteiger charge is -2.07. The lowest BCUT2D eigenvalue weighted by atomic mass is 10.1. The third-order valence-electron chi connectivity index (χ3n) is 2.86. The van der Waals surface area contributed by atoms with Crippen LogP contribution in [0.15, 0.2) is 30.6 Å². The van der Waals surface area contributed by atoms with Crippen molar-refractivity contribution in [3.05, 3.63) is 52.0 Å². The van der Waals surface area contributed by atoms with Gasteiger partial charge in [0, 0.05) is 6.07 Å². The van der Waals surface area contributed by atoms with Crippen molar-refractivity contribution in [2.45, 2.75) is 20.0 Å². The van der Waals surface area contributed by atoms with Crippen LogP contribution in [0.4, 0.5) is 11.5 Å². The SMILES string of the molecule is CCc1ccc(OCc2cnc(NN)cn2)c([N+](=O)[O-])c1. The summed E-state index contributed by atoms with van der Waals surface area (Å²) in [4.78, 5) is 18.7. The average molecular weight is 289 g/mol. The Labute approximate surface area is 121 Å².